The number of methoxy groups -OCH3 is 1. The normalized spacial score (nSPS) is 14.4. The fourth-order valence-corrected chi connectivity index (χ4v) is 4.49. The van der Waals surface area contributed by atoms with Crippen LogP contribution in [0.4, 0.5) is 5.69 Å². The smallest absolute Gasteiger partial charge is 0.234 e. The summed E-state index contributed by atoms with van der Waals surface area (Å²) < 4.78 is 7.37. The van der Waals surface area contributed by atoms with E-state index in [0.29, 0.717) is 16.6 Å². The van der Waals surface area contributed by atoms with Gasteiger partial charge in [0, 0.05) is 5.69 Å². The van der Waals surface area contributed by atoms with Gasteiger partial charge in [-0.05, 0) is 50.2 Å². The Morgan fingerprint density at radius 1 is 1.03 bits per heavy atom. The molecule has 1 amide bonds. The number of rotatable bonds is 8. The summed E-state index contributed by atoms with van der Waals surface area (Å²) in [4.78, 5) is 15.0. The molecule has 0 saturated carbocycles. The number of nitrogens with one attached hydrogen (secondary N) is 1. The first kappa shape index (κ1) is 21.4. The first-order chi connectivity index (χ1) is 15.2. The van der Waals surface area contributed by atoms with Crippen molar-refractivity contribution in [3.63, 3.8) is 0 Å². The fraction of sp³-hybridized carbons (Fsp3) is 0.348. The number of para-hydroxylation sites is 3. The van der Waals surface area contributed by atoms with Crippen LogP contribution in [0.3, 0.4) is 0 Å². The maximum atomic E-state index is 12.6. The Morgan fingerprint density at radius 2 is 1.77 bits per heavy atom. The van der Waals surface area contributed by atoms with Crippen molar-refractivity contribution in [1.29, 1.82) is 0 Å². The molecular formula is C23H27N5O2S. The van der Waals surface area contributed by atoms with E-state index in [2.05, 4.69) is 25.0 Å². The number of nitrogens with zero attached hydrogens (tertiary/aromatic N) is 4. The minimum Gasteiger partial charge on any atom is -0.495 e. The zero-order valence-corrected chi connectivity index (χ0v) is 18.5. The van der Waals surface area contributed by atoms with Gasteiger partial charge in [0.2, 0.25) is 5.91 Å². The molecule has 2 aromatic carbocycles. The van der Waals surface area contributed by atoms with Gasteiger partial charge in [-0.15, -0.1) is 10.2 Å². The number of hydrogen-bond donors (Lipinski definition) is 1. The third-order valence-corrected chi connectivity index (χ3v) is 6.17. The number of benzene rings is 2. The molecule has 1 fully saturated rings. The van der Waals surface area contributed by atoms with Gasteiger partial charge in [0.15, 0.2) is 11.0 Å². The van der Waals surface area contributed by atoms with Gasteiger partial charge in [-0.1, -0.05) is 48.5 Å². The molecule has 31 heavy (non-hydrogen) atoms. The standard InChI is InChI=1S/C23H27N5O2S/c1-30-20-13-7-6-12-19(20)24-22(29)17-31-23-26-25-21(16-27-14-8-3-9-15-27)28(23)18-10-4-2-5-11-18/h2,4-7,10-13H,3,8-9,14-17H2,1H3,(H,24,29). The predicted octanol–water partition coefficient (Wildman–Crippen LogP) is 3.99. The lowest BCUT2D eigenvalue weighted by Gasteiger charge is -2.26. The largest absolute Gasteiger partial charge is 0.495 e. The Morgan fingerprint density at radius 3 is 2.55 bits per heavy atom. The number of piperidine rings is 1. The molecule has 4 rings (SSSR count). The van der Waals surface area contributed by atoms with Crippen LogP contribution in [-0.2, 0) is 11.3 Å². The molecule has 0 unspecified atom stereocenters. The molecule has 1 saturated heterocycles. The lowest BCUT2D eigenvalue weighted by Crippen LogP contribution is -2.30. The van der Waals surface area contributed by atoms with Crippen molar-refractivity contribution >= 4 is 23.4 Å². The van der Waals surface area contributed by atoms with E-state index in [0.717, 1.165) is 31.1 Å². The van der Waals surface area contributed by atoms with E-state index in [1.165, 1.54) is 31.0 Å². The number of amides is 1. The molecule has 1 N–H and O–H groups in total. The van der Waals surface area contributed by atoms with Crippen molar-refractivity contribution in [3.05, 3.63) is 60.4 Å². The lowest BCUT2D eigenvalue weighted by molar-refractivity contribution is -0.113. The average molecular weight is 438 g/mol. The number of carbonyl (C=O) groups is 1. The van der Waals surface area contributed by atoms with E-state index in [1.54, 1.807) is 7.11 Å². The van der Waals surface area contributed by atoms with Crippen molar-refractivity contribution in [2.24, 2.45) is 0 Å². The van der Waals surface area contributed by atoms with Crippen LogP contribution in [0, 0.1) is 0 Å². The van der Waals surface area contributed by atoms with E-state index < -0.39 is 0 Å². The molecule has 3 aromatic rings. The molecule has 1 aromatic heterocycles. The number of hydrogen-bond acceptors (Lipinski definition) is 6. The summed E-state index contributed by atoms with van der Waals surface area (Å²) in [6.07, 6.45) is 3.75. The third kappa shape index (κ3) is 5.45. The number of ether oxygens (including phenoxy) is 1. The van der Waals surface area contributed by atoms with Gasteiger partial charge in [-0.3, -0.25) is 14.3 Å². The first-order valence-corrected chi connectivity index (χ1v) is 11.5. The van der Waals surface area contributed by atoms with E-state index >= 15 is 0 Å². The number of aromatic nitrogens is 3. The van der Waals surface area contributed by atoms with Gasteiger partial charge in [0.25, 0.3) is 0 Å². The number of likely N-dealkylation sites (tertiary alicyclic amines) is 1. The Labute approximate surface area is 186 Å². The van der Waals surface area contributed by atoms with E-state index in [9.17, 15) is 4.79 Å². The van der Waals surface area contributed by atoms with Crippen LogP contribution >= 0.6 is 11.8 Å². The summed E-state index contributed by atoms with van der Waals surface area (Å²) in [5, 5.41) is 12.5. The average Bonchev–Trinajstić information content (AvgIpc) is 3.21. The highest BCUT2D eigenvalue weighted by molar-refractivity contribution is 7.99. The summed E-state index contributed by atoms with van der Waals surface area (Å²) in [6, 6.07) is 17.5. The molecule has 8 heteroatoms. The predicted molar refractivity (Wildman–Crippen MR) is 123 cm³/mol. The Bertz CT molecular complexity index is 1000. The van der Waals surface area contributed by atoms with Crippen molar-refractivity contribution < 1.29 is 9.53 Å². The first-order valence-electron chi connectivity index (χ1n) is 10.5. The van der Waals surface area contributed by atoms with Gasteiger partial charge in [0.1, 0.15) is 5.75 Å². The summed E-state index contributed by atoms with van der Waals surface area (Å²) in [5.41, 5.74) is 1.66. The SMILES string of the molecule is COc1ccccc1NC(=O)CSc1nnc(CN2CCCCC2)n1-c1ccccc1. The van der Waals surface area contributed by atoms with Crippen LogP contribution in [0.5, 0.6) is 5.75 Å². The molecule has 1 aliphatic heterocycles. The Balaban J connectivity index is 1.49. The van der Waals surface area contributed by atoms with E-state index in [-0.39, 0.29) is 11.7 Å². The molecule has 2 heterocycles. The Hall–Kier alpha value is -2.84. The zero-order valence-electron chi connectivity index (χ0n) is 17.7. The second-order valence-corrected chi connectivity index (χ2v) is 8.39. The summed E-state index contributed by atoms with van der Waals surface area (Å²) in [6.45, 7) is 2.94. The van der Waals surface area contributed by atoms with Gasteiger partial charge >= 0.3 is 0 Å². The second-order valence-electron chi connectivity index (χ2n) is 7.44. The summed E-state index contributed by atoms with van der Waals surface area (Å²) >= 11 is 1.38. The van der Waals surface area contributed by atoms with Gasteiger partial charge in [-0.2, -0.15) is 0 Å². The van der Waals surface area contributed by atoms with Crippen molar-refractivity contribution in [3.8, 4) is 11.4 Å². The van der Waals surface area contributed by atoms with Crippen LogP contribution < -0.4 is 10.1 Å². The van der Waals surface area contributed by atoms with Crippen molar-refractivity contribution in [2.45, 2.75) is 31.0 Å². The van der Waals surface area contributed by atoms with Crippen LogP contribution in [0.1, 0.15) is 25.1 Å². The third-order valence-electron chi connectivity index (χ3n) is 5.24. The van der Waals surface area contributed by atoms with Crippen molar-refractivity contribution in [2.75, 3.05) is 31.3 Å². The molecule has 0 bridgehead atoms. The van der Waals surface area contributed by atoms with E-state index in [1.807, 2.05) is 54.6 Å². The highest BCUT2D eigenvalue weighted by atomic mass is 32.2. The molecule has 7 nitrogen and oxygen atoms in total. The van der Waals surface area contributed by atoms with Gasteiger partial charge in [-0.25, -0.2) is 0 Å². The molecule has 0 atom stereocenters. The maximum absolute atomic E-state index is 12.6. The monoisotopic (exact) mass is 437 g/mol. The van der Waals surface area contributed by atoms with Crippen LogP contribution in [0.25, 0.3) is 5.69 Å². The molecular weight excluding hydrogens is 410 g/mol. The molecule has 0 spiro atoms. The molecule has 0 radical (unpaired) electrons. The zero-order chi connectivity index (χ0) is 21.5. The maximum Gasteiger partial charge on any atom is 0.234 e. The summed E-state index contributed by atoms with van der Waals surface area (Å²) in [5.74, 6) is 1.65. The molecule has 1 aliphatic rings. The van der Waals surface area contributed by atoms with E-state index in [4.69, 9.17) is 4.74 Å². The van der Waals surface area contributed by atoms with Crippen molar-refractivity contribution in [1.82, 2.24) is 19.7 Å². The molecule has 162 valence electrons. The number of anilines is 1. The number of thioether (sulfide) groups is 1. The quantitative estimate of drug-likeness (QED) is 0.537. The van der Waals surface area contributed by atoms with Crippen LogP contribution in [0.2, 0.25) is 0 Å². The van der Waals surface area contributed by atoms with Gasteiger partial charge in [0.05, 0.1) is 25.1 Å². The highest BCUT2D eigenvalue weighted by Crippen LogP contribution is 2.26. The topological polar surface area (TPSA) is 72.3 Å². The van der Waals surface area contributed by atoms with Gasteiger partial charge < -0.3 is 10.1 Å². The minimum absolute atomic E-state index is 0.116. The minimum atomic E-state index is -0.116. The summed E-state index contributed by atoms with van der Waals surface area (Å²) in [7, 11) is 1.59. The van der Waals surface area contributed by atoms with Crippen LogP contribution in [-0.4, -0.2) is 51.5 Å². The van der Waals surface area contributed by atoms with Crippen LogP contribution in [0.15, 0.2) is 59.8 Å². The highest BCUT2D eigenvalue weighted by Gasteiger charge is 2.19. The second kappa shape index (κ2) is 10.5. The molecule has 0 aliphatic carbocycles. The lowest BCUT2D eigenvalue weighted by atomic mass is 10.1. The Kier molecular flexibility index (Phi) is 7.22. The fourth-order valence-electron chi connectivity index (χ4n) is 3.71. The number of carbonyl (C=O) groups excluding carboxylic acids is 1.